The Morgan fingerprint density at radius 3 is 2.50 bits per heavy atom. The highest BCUT2D eigenvalue weighted by Crippen LogP contribution is 2.01. The number of ketones is 1. The van der Waals surface area contributed by atoms with Crippen molar-refractivity contribution < 1.29 is 9.90 Å². The van der Waals surface area contributed by atoms with Crippen LogP contribution in [0, 0.1) is 0 Å². The van der Waals surface area contributed by atoms with E-state index in [9.17, 15) is 4.79 Å². The van der Waals surface area contributed by atoms with E-state index in [1.807, 2.05) is 6.07 Å². The Labute approximate surface area is 71.0 Å². The fraction of sp³-hybridized carbons (Fsp3) is 0.222. The third kappa shape index (κ3) is 1.90. The van der Waals surface area contributed by atoms with E-state index in [1.165, 1.54) is 7.05 Å². The first-order valence-electron chi connectivity index (χ1n) is 3.70. The average Bonchev–Trinajstić information content (AvgIpc) is 2.17. The highest BCUT2D eigenvalue weighted by Gasteiger charge is 2.13. The maximum Gasteiger partial charge on any atom is 0.206 e. The van der Waals surface area contributed by atoms with Gasteiger partial charge < -0.3 is 5.11 Å². The number of carbonyl (C=O) groups excluding carboxylic acids is 1. The number of rotatable bonds is 3. The molecule has 3 heteroatoms. The van der Waals surface area contributed by atoms with Crippen LogP contribution in [0.25, 0.3) is 0 Å². The fourth-order valence-corrected chi connectivity index (χ4v) is 0.891. The minimum atomic E-state index is -1.10. The largest absolute Gasteiger partial charge is 0.371 e. The quantitative estimate of drug-likeness (QED) is 0.503. The van der Waals surface area contributed by atoms with Crippen molar-refractivity contribution in [3.63, 3.8) is 0 Å². The molecule has 0 aromatic heterocycles. The fourth-order valence-electron chi connectivity index (χ4n) is 0.891. The van der Waals surface area contributed by atoms with Gasteiger partial charge in [-0.3, -0.25) is 10.1 Å². The number of likely N-dealkylation sites (N-methyl/N-ethyl adjacent to an activating group) is 1. The van der Waals surface area contributed by atoms with Crippen LogP contribution in [-0.2, 0) is 0 Å². The molecule has 0 spiro atoms. The van der Waals surface area contributed by atoms with Crippen molar-refractivity contribution >= 4 is 5.78 Å². The van der Waals surface area contributed by atoms with E-state index in [4.69, 9.17) is 5.11 Å². The minimum Gasteiger partial charge on any atom is -0.371 e. The molecule has 0 bridgehead atoms. The number of aliphatic hydroxyl groups is 1. The summed E-state index contributed by atoms with van der Waals surface area (Å²) >= 11 is 0. The summed E-state index contributed by atoms with van der Waals surface area (Å²) in [5.41, 5.74) is 0.513. The Hall–Kier alpha value is -1.19. The van der Waals surface area contributed by atoms with Gasteiger partial charge in [0.05, 0.1) is 0 Å². The van der Waals surface area contributed by atoms with Crippen molar-refractivity contribution in [2.75, 3.05) is 7.05 Å². The number of aliphatic hydroxyl groups excluding tert-OH is 1. The van der Waals surface area contributed by atoms with Gasteiger partial charge in [-0.25, -0.2) is 0 Å². The summed E-state index contributed by atoms with van der Waals surface area (Å²) in [6, 6.07) is 8.68. The lowest BCUT2D eigenvalue weighted by Crippen LogP contribution is -2.33. The van der Waals surface area contributed by atoms with Crippen molar-refractivity contribution in [1.29, 1.82) is 0 Å². The molecule has 1 unspecified atom stereocenters. The molecule has 1 rings (SSSR count). The van der Waals surface area contributed by atoms with Gasteiger partial charge in [0.15, 0.2) is 6.23 Å². The average molecular weight is 165 g/mol. The van der Waals surface area contributed by atoms with E-state index < -0.39 is 6.23 Å². The van der Waals surface area contributed by atoms with Gasteiger partial charge in [-0.1, -0.05) is 30.3 Å². The monoisotopic (exact) mass is 165 g/mol. The summed E-state index contributed by atoms with van der Waals surface area (Å²) in [7, 11) is 1.53. The Bertz CT molecular complexity index is 258. The van der Waals surface area contributed by atoms with Crippen LogP contribution in [0.4, 0.5) is 0 Å². The van der Waals surface area contributed by atoms with E-state index in [-0.39, 0.29) is 5.78 Å². The molecule has 1 atom stereocenters. The normalized spacial score (nSPS) is 12.5. The van der Waals surface area contributed by atoms with Crippen LogP contribution in [0.2, 0.25) is 0 Å². The van der Waals surface area contributed by atoms with Crippen LogP contribution in [0.5, 0.6) is 0 Å². The summed E-state index contributed by atoms with van der Waals surface area (Å²) in [4.78, 5) is 11.3. The standard InChI is InChI=1S/C9H11NO2/c1-10-9(12)8(11)7-5-3-2-4-6-7/h2-6,9-10,12H,1H3. The zero-order valence-electron chi connectivity index (χ0n) is 6.82. The molecule has 1 aromatic rings. The Morgan fingerprint density at radius 2 is 2.00 bits per heavy atom. The van der Waals surface area contributed by atoms with Crippen LogP contribution in [0.15, 0.2) is 30.3 Å². The van der Waals surface area contributed by atoms with Crippen LogP contribution in [0.3, 0.4) is 0 Å². The van der Waals surface area contributed by atoms with Crippen molar-refractivity contribution in [3.05, 3.63) is 35.9 Å². The predicted octanol–water partition coefficient (Wildman–Crippen LogP) is 0.407. The van der Waals surface area contributed by atoms with E-state index in [0.29, 0.717) is 5.56 Å². The van der Waals surface area contributed by atoms with Gasteiger partial charge in [0.2, 0.25) is 5.78 Å². The topological polar surface area (TPSA) is 49.3 Å². The van der Waals surface area contributed by atoms with Gasteiger partial charge in [-0.05, 0) is 7.05 Å². The lowest BCUT2D eigenvalue weighted by Gasteiger charge is -2.06. The summed E-state index contributed by atoms with van der Waals surface area (Å²) in [5.74, 6) is -0.307. The summed E-state index contributed by atoms with van der Waals surface area (Å²) in [6.07, 6.45) is -1.10. The van der Waals surface area contributed by atoms with Gasteiger partial charge in [0.25, 0.3) is 0 Å². The molecule has 2 N–H and O–H groups in total. The Balaban J connectivity index is 2.79. The molecule has 64 valence electrons. The van der Waals surface area contributed by atoms with Gasteiger partial charge in [-0.2, -0.15) is 0 Å². The van der Waals surface area contributed by atoms with Gasteiger partial charge in [0.1, 0.15) is 0 Å². The minimum absolute atomic E-state index is 0.307. The Kier molecular flexibility index (Phi) is 2.96. The van der Waals surface area contributed by atoms with E-state index in [2.05, 4.69) is 5.32 Å². The van der Waals surface area contributed by atoms with Crippen molar-refractivity contribution in [2.24, 2.45) is 0 Å². The number of Topliss-reactive ketones (excluding diaryl/α,β-unsaturated/α-hetero) is 1. The van der Waals surface area contributed by atoms with Crippen molar-refractivity contribution in [3.8, 4) is 0 Å². The highest BCUT2D eigenvalue weighted by atomic mass is 16.3. The van der Waals surface area contributed by atoms with E-state index in [0.717, 1.165) is 0 Å². The van der Waals surface area contributed by atoms with Gasteiger partial charge in [-0.15, -0.1) is 0 Å². The second-order valence-electron chi connectivity index (χ2n) is 2.42. The predicted molar refractivity (Wildman–Crippen MR) is 45.8 cm³/mol. The van der Waals surface area contributed by atoms with Crippen molar-refractivity contribution in [1.82, 2.24) is 5.32 Å². The van der Waals surface area contributed by atoms with Crippen LogP contribution in [-0.4, -0.2) is 24.2 Å². The molecule has 3 nitrogen and oxygen atoms in total. The second kappa shape index (κ2) is 3.99. The molecule has 12 heavy (non-hydrogen) atoms. The molecule has 0 heterocycles. The van der Waals surface area contributed by atoms with E-state index >= 15 is 0 Å². The number of carbonyl (C=O) groups is 1. The highest BCUT2D eigenvalue weighted by molar-refractivity contribution is 5.98. The summed E-state index contributed by atoms with van der Waals surface area (Å²) in [5, 5.41) is 11.6. The maximum atomic E-state index is 11.3. The molecule has 0 aliphatic carbocycles. The van der Waals surface area contributed by atoms with Crippen LogP contribution in [0.1, 0.15) is 10.4 Å². The zero-order valence-corrected chi connectivity index (χ0v) is 6.82. The first-order chi connectivity index (χ1) is 5.75. The molecule has 0 amide bonds. The molecule has 1 aromatic carbocycles. The first-order valence-corrected chi connectivity index (χ1v) is 3.70. The van der Waals surface area contributed by atoms with Gasteiger partial charge in [0, 0.05) is 5.56 Å². The lowest BCUT2D eigenvalue weighted by atomic mass is 10.1. The Morgan fingerprint density at radius 1 is 1.42 bits per heavy atom. The summed E-state index contributed by atoms with van der Waals surface area (Å²) < 4.78 is 0. The second-order valence-corrected chi connectivity index (χ2v) is 2.42. The van der Waals surface area contributed by atoms with Crippen molar-refractivity contribution in [2.45, 2.75) is 6.23 Å². The number of hydrogen-bond donors (Lipinski definition) is 2. The number of hydrogen-bond acceptors (Lipinski definition) is 3. The van der Waals surface area contributed by atoms with Gasteiger partial charge >= 0.3 is 0 Å². The molecular weight excluding hydrogens is 154 g/mol. The third-order valence-corrected chi connectivity index (χ3v) is 1.58. The zero-order chi connectivity index (χ0) is 8.97. The third-order valence-electron chi connectivity index (χ3n) is 1.58. The maximum absolute atomic E-state index is 11.3. The van der Waals surface area contributed by atoms with Crippen LogP contribution < -0.4 is 5.32 Å². The molecular formula is C9H11NO2. The van der Waals surface area contributed by atoms with Crippen LogP contribution >= 0.6 is 0 Å². The molecule has 0 radical (unpaired) electrons. The lowest BCUT2D eigenvalue weighted by molar-refractivity contribution is 0.0694. The SMILES string of the molecule is CNC(O)C(=O)c1ccccc1. The summed E-state index contributed by atoms with van der Waals surface area (Å²) in [6.45, 7) is 0. The molecule has 0 saturated carbocycles. The molecule has 0 aliphatic heterocycles. The molecule has 0 saturated heterocycles. The smallest absolute Gasteiger partial charge is 0.206 e. The molecule has 0 aliphatic rings. The molecule has 0 fully saturated rings. The number of nitrogens with one attached hydrogen (secondary N) is 1. The number of benzene rings is 1. The van der Waals surface area contributed by atoms with E-state index in [1.54, 1.807) is 24.3 Å². The first kappa shape index (κ1) is 8.90.